The molecule has 0 radical (unpaired) electrons. The Hall–Kier alpha value is -2.42. The van der Waals surface area contributed by atoms with Gasteiger partial charge in [-0.3, -0.25) is 9.59 Å². The van der Waals surface area contributed by atoms with E-state index in [0.29, 0.717) is 6.54 Å². The Morgan fingerprint density at radius 3 is 2.79 bits per heavy atom. The maximum Gasteiger partial charge on any atom is 0.277 e. The molecule has 1 aromatic heterocycles. The number of amides is 2. The Bertz CT molecular complexity index is 722. The van der Waals surface area contributed by atoms with Crippen molar-refractivity contribution in [3.63, 3.8) is 0 Å². The minimum Gasteiger partial charge on any atom is -0.411 e. The van der Waals surface area contributed by atoms with Gasteiger partial charge in [0.25, 0.3) is 11.1 Å². The summed E-state index contributed by atoms with van der Waals surface area (Å²) in [5.74, 6) is -1.01. The number of benzene rings is 1. The van der Waals surface area contributed by atoms with Gasteiger partial charge in [0.2, 0.25) is 11.8 Å². The molecule has 0 unspecified atom stereocenters. The number of carbonyl (C=O) groups excluding carboxylic acids is 2. The first kappa shape index (κ1) is 17.9. The molecule has 2 rings (SSSR count). The van der Waals surface area contributed by atoms with Crippen LogP contribution in [0.3, 0.4) is 0 Å². The lowest BCUT2D eigenvalue weighted by Crippen LogP contribution is -2.45. The van der Waals surface area contributed by atoms with Gasteiger partial charge >= 0.3 is 0 Å². The summed E-state index contributed by atoms with van der Waals surface area (Å²) in [6.45, 7) is 3.89. The van der Waals surface area contributed by atoms with Crippen molar-refractivity contribution < 1.29 is 18.4 Å². The normalized spacial score (nSPS) is 11.8. The number of nitrogens with one attached hydrogen (secondary N) is 2. The van der Waals surface area contributed by atoms with Crippen LogP contribution in [-0.4, -0.2) is 40.4 Å². The monoisotopic (exact) mass is 352 g/mol. The lowest BCUT2D eigenvalue weighted by molar-refractivity contribution is -0.127. The Morgan fingerprint density at radius 1 is 1.33 bits per heavy atom. The molecule has 1 aromatic carbocycles. The Morgan fingerprint density at radius 2 is 2.08 bits per heavy atom. The van der Waals surface area contributed by atoms with Crippen LogP contribution >= 0.6 is 11.8 Å². The van der Waals surface area contributed by atoms with Gasteiger partial charge in [-0.15, -0.1) is 10.2 Å². The topological polar surface area (TPSA) is 97.1 Å². The van der Waals surface area contributed by atoms with E-state index in [1.54, 1.807) is 26.0 Å². The number of nitrogens with zero attached hydrogens (tertiary/aromatic N) is 2. The number of thioether (sulfide) groups is 1. The number of hydrogen-bond acceptors (Lipinski definition) is 6. The second-order valence-corrected chi connectivity index (χ2v) is 5.75. The highest BCUT2D eigenvalue weighted by molar-refractivity contribution is 7.99. The summed E-state index contributed by atoms with van der Waals surface area (Å²) in [5, 5.41) is 12.9. The van der Waals surface area contributed by atoms with Gasteiger partial charge in [0.1, 0.15) is 11.9 Å². The highest BCUT2D eigenvalue weighted by atomic mass is 32.2. The van der Waals surface area contributed by atoms with Crippen LogP contribution in [0.25, 0.3) is 11.5 Å². The van der Waals surface area contributed by atoms with E-state index < -0.39 is 11.9 Å². The first-order valence-electron chi connectivity index (χ1n) is 7.29. The first-order chi connectivity index (χ1) is 11.5. The standard InChI is InChI=1S/C15H17FN4O3S/c1-3-17-13(22)9(2)18-12(21)8-24-15-20-19-14(23-15)10-6-4-5-7-11(10)16/h4-7,9H,3,8H2,1-2H3,(H,17,22)(H,18,21)/t9-/m1/s1. The van der Waals surface area contributed by atoms with E-state index in [1.165, 1.54) is 12.1 Å². The zero-order chi connectivity index (χ0) is 17.5. The third-order valence-corrected chi connectivity index (χ3v) is 3.78. The second-order valence-electron chi connectivity index (χ2n) is 4.83. The number of halogens is 1. The predicted octanol–water partition coefficient (Wildman–Crippen LogP) is 1.61. The quantitative estimate of drug-likeness (QED) is 0.735. The second kappa shape index (κ2) is 8.44. The van der Waals surface area contributed by atoms with Crippen molar-refractivity contribution in [1.82, 2.24) is 20.8 Å². The van der Waals surface area contributed by atoms with E-state index in [9.17, 15) is 14.0 Å². The fourth-order valence-corrected chi connectivity index (χ4v) is 2.39. The Kier molecular flexibility index (Phi) is 6.30. The van der Waals surface area contributed by atoms with Crippen LogP contribution in [0.2, 0.25) is 0 Å². The van der Waals surface area contributed by atoms with Crippen LogP contribution in [-0.2, 0) is 9.59 Å². The van der Waals surface area contributed by atoms with Crippen LogP contribution < -0.4 is 10.6 Å². The van der Waals surface area contributed by atoms with Crippen molar-refractivity contribution in [3.05, 3.63) is 30.1 Å². The number of hydrogen-bond donors (Lipinski definition) is 2. The van der Waals surface area contributed by atoms with Crippen LogP contribution in [0.5, 0.6) is 0 Å². The van der Waals surface area contributed by atoms with Gasteiger partial charge in [-0.2, -0.15) is 0 Å². The third kappa shape index (κ3) is 4.79. The minimum atomic E-state index is -0.630. The Balaban J connectivity index is 1.88. The molecule has 0 bridgehead atoms. The van der Waals surface area contributed by atoms with Crippen molar-refractivity contribution in [2.45, 2.75) is 25.1 Å². The summed E-state index contributed by atoms with van der Waals surface area (Å²) in [5.41, 5.74) is 0.200. The van der Waals surface area contributed by atoms with Crippen molar-refractivity contribution in [2.24, 2.45) is 0 Å². The number of aromatic nitrogens is 2. The van der Waals surface area contributed by atoms with Crippen LogP contribution in [0, 0.1) is 5.82 Å². The van der Waals surface area contributed by atoms with Crippen molar-refractivity contribution >= 4 is 23.6 Å². The van der Waals surface area contributed by atoms with Gasteiger partial charge in [0.15, 0.2) is 0 Å². The number of likely N-dealkylation sites (N-methyl/N-ethyl adjacent to an activating group) is 1. The molecule has 2 N–H and O–H groups in total. The largest absolute Gasteiger partial charge is 0.411 e. The molecule has 9 heteroatoms. The molecule has 0 aliphatic rings. The molecule has 0 aliphatic heterocycles. The van der Waals surface area contributed by atoms with Gasteiger partial charge in [-0.25, -0.2) is 4.39 Å². The predicted molar refractivity (Wildman–Crippen MR) is 86.7 cm³/mol. The highest BCUT2D eigenvalue weighted by Gasteiger charge is 2.17. The van der Waals surface area contributed by atoms with E-state index in [2.05, 4.69) is 20.8 Å². The molecule has 0 aliphatic carbocycles. The SMILES string of the molecule is CCNC(=O)[C@@H](C)NC(=O)CSc1nnc(-c2ccccc2F)o1. The molecule has 128 valence electrons. The average Bonchev–Trinajstić information content (AvgIpc) is 3.02. The molecule has 2 amide bonds. The summed E-state index contributed by atoms with van der Waals surface area (Å²) >= 11 is 1.01. The van der Waals surface area contributed by atoms with E-state index in [0.717, 1.165) is 11.8 Å². The fraction of sp³-hybridized carbons (Fsp3) is 0.333. The first-order valence-corrected chi connectivity index (χ1v) is 8.28. The molecule has 2 aromatic rings. The molecule has 7 nitrogen and oxygen atoms in total. The smallest absolute Gasteiger partial charge is 0.277 e. The lowest BCUT2D eigenvalue weighted by Gasteiger charge is -2.12. The molecule has 1 atom stereocenters. The molecule has 0 saturated heterocycles. The summed E-state index contributed by atoms with van der Waals surface area (Å²) in [4.78, 5) is 23.3. The van der Waals surface area contributed by atoms with Crippen molar-refractivity contribution in [2.75, 3.05) is 12.3 Å². The van der Waals surface area contributed by atoms with E-state index in [-0.39, 0.29) is 34.2 Å². The van der Waals surface area contributed by atoms with Gasteiger partial charge in [-0.05, 0) is 26.0 Å². The summed E-state index contributed by atoms with van der Waals surface area (Å²) in [6.07, 6.45) is 0. The van der Waals surface area contributed by atoms with Gasteiger partial charge in [0.05, 0.1) is 11.3 Å². The summed E-state index contributed by atoms with van der Waals surface area (Å²) in [7, 11) is 0. The summed E-state index contributed by atoms with van der Waals surface area (Å²) in [6, 6.07) is 5.41. The van der Waals surface area contributed by atoms with Crippen molar-refractivity contribution in [1.29, 1.82) is 0 Å². The third-order valence-electron chi connectivity index (χ3n) is 2.96. The zero-order valence-electron chi connectivity index (χ0n) is 13.2. The fourth-order valence-electron chi connectivity index (χ4n) is 1.81. The maximum atomic E-state index is 13.6. The lowest BCUT2D eigenvalue weighted by atomic mass is 10.2. The number of rotatable bonds is 7. The van der Waals surface area contributed by atoms with E-state index >= 15 is 0 Å². The van der Waals surface area contributed by atoms with Crippen LogP contribution in [0.1, 0.15) is 13.8 Å². The molecule has 24 heavy (non-hydrogen) atoms. The van der Waals surface area contributed by atoms with Crippen LogP contribution in [0.15, 0.2) is 33.9 Å². The molecule has 0 fully saturated rings. The average molecular weight is 352 g/mol. The molecule has 0 spiro atoms. The van der Waals surface area contributed by atoms with Crippen molar-refractivity contribution in [3.8, 4) is 11.5 Å². The van der Waals surface area contributed by atoms with Gasteiger partial charge < -0.3 is 15.1 Å². The zero-order valence-corrected chi connectivity index (χ0v) is 14.0. The molecule has 0 saturated carbocycles. The van der Waals surface area contributed by atoms with E-state index in [1.807, 2.05) is 0 Å². The highest BCUT2D eigenvalue weighted by Crippen LogP contribution is 2.24. The van der Waals surface area contributed by atoms with Gasteiger partial charge in [0, 0.05) is 6.54 Å². The molecule has 1 heterocycles. The molecular formula is C15H17FN4O3S. The minimum absolute atomic E-state index is 0.00263. The summed E-state index contributed by atoms with van der Waals surface area (Å²) < 4.78 is 19.0. The number of carbonyl (C=O) groups is 2. The maximum absolute atomic E-state index is 13.6. The van der Waals surface area contributed by atoms with E-state index in [4.69, 9.17) is 4.42 Å². The Labute approximate surface area is 142 Å². The van der Waals surface area contributed by atoms with Crippen LogP contribution in [0.4, 0.5) is 4.39 Å². The molecular weight excluding hydrogens is 335 g/mol. The van der Waals surface area contributed by atoms with Gasteiger partial charge in [-0.1, -0.05) is 23.9 Å².